The summed E-state index contributed by atoms with van der Waals surface area (Å²) in [5.41, 5.74) is 9.76. The van der Waals surface area contributed by atoms with Crippen molar-refractivity contribution in [2.75, 3.05) is 42.1 Å². The van der Waals surface area contributed by atoms with E-state index in [1.165, 1.54) is 5.56 Å². The smallest absolute Gasteiger partial charge is 0.239 e. The SMILES string of the molecule is Cc1ccc(C[C@@H](N)C(=O)N2CCN(c3ccccc3NS(C)(=O)=O)CC2)cc1. The Morgan fingerprint density at radius 2 is 1.69 bits per heavy atom. The average molecular weight is 417 g/mol. The largest absolute Gasteiger partial charge is 0.366 e. The van der Waals surface area contributed by atoms with E-state index in [1.807, 2.05) is 43.3 Å². The van der Waals surface area contributed by atoms with E-state index in [4.69, 9.17) is 5.73 Å². The van der Waals surface area contributed by atoms with Gasteiger partial charge in [0, 0.05) is 26.2 Å². The highest BCUT2D eigenvalue weighted by Gasteiger charge is 2.26. The maximum Gasteiger partial charge on any atom is 0.239 e. The van der Waals surface area contributed by atoms with Crippen molar-refractivity contribution in [1.82, 2.24) is 4.90 Å². The lowest BCUT2D eigenvalue weighted by molar-refractivity contribution is -0.132. The first-order valence-electron chi connectivity index (χ1n) is 9.64. The highest BCUT2D eigenvalue weighted by Crippen LogP contribution is 2.27. The number of carbonyl (C=O) groups is 1. The molecule has 0 aromatic heterocycles. The highest BCUT2D eigenvalue weighted by molar-refractivity contribution is 7.92. The van der Waals surface area contributed by atoms with Gasteiger partial charge < -0.3 is 15.5 Å². The van der Waals surface area contributed by atoms with Crippen LogP contribution in [0.4, 0.5) is 11.4 Å². The molecule has 8 heteroatoms. The van der Waals surface area contributed by atoms with Gasteiger partial charge in [-0.2, -0.15) is 0 Å². The van der Waals surface area contributed by atoms with Crippen molar-refractivity contribution in [1.29, 1.82) is 0 Å². The molecule has 0 unspecified atom stereocenters. The van der Waals surface area contributed by atoms with Gasteiger partial charge in [0.15, 0.2) is 0 Å². The Labute approximate surface area is 172 Å². The molecule has 1 heterocycles. The molecule has 1 saturated heterocycles. The maximum atomic E-state index is 12.8. The third-order valence-corrected chi connectivity index (χ3v) is 5.62. The van der Waals surface area contributed by atoms with Gasteiger partial charge in [-0.25, -0.2) is 8.42 Å². The van der Waals surface area contributed by atoms with Crippen LogP contribution in [0, 0.1) is 6.92 Å². The molecule has 0 saturated carbocycles. The van der Waals surface area contributed by atoms with Crippen LogP contribution in [0.3, 0.4) is 0 Å². The molecule has 0 radical (unpaired) electrons. The number of benzene rings is 2. The van der Waals surface area contributed by atoms with Crippen molar-refractivity contribution in [3.8, 4) is 0 Å². The zero-order valence-corrected chi connectivity index (χ0v) is 17.7. The van der Waals surface area contributed by atoms with Crippen LogP contribution >= 0.6 is 0 Å². The Hall–Kier alpha value is -2.58. The molecule has 3 N–H and O–H groups in total. The normalized spacial score (nSPS) is 15.8. The number of carbonyl (C=O) groups excluding carboxylic acids is 1. The second-order valence-corrected chi connectivity index (χ2v) is 9.25. The molecule has 2 aromatic carbocycles. The summed E-state index contributed by atoms with van der Waals surface area (Å²) >= 11 is 0. The number of para-hydroxylation sites is 2. The number of aryl methyl sites for hydroxylation is 1. The lowest BCUT2D eigenvalue weighted by Crippen LogP contribution is -2.53. The summed E-state index contributed by atoms with van der Waals surface area (Å²) in [6, 6.07) is 14.8. The maximum absolute atomic E-state index is 12.8. The molecule has 3 rings (SSSR count). The third kappa shape index (κ3) is 5.71. The molecule has 0 aliphatic carbocycles. The van der Waals surface area contributed by atoms with Crippen LogP contribution in [0.15, 0.2) is 48.5 Å². The van der Waals surface area contributed by atoms with E-state index >= 15 is 0 Å². The topological polar surface area (TPSA) is 95.7 Å². The average Bonchev–Trinajstić information content (AvgIpc) is 2.68. The fraction of sp³-hybridized carbons (Fsp3) is 0.381. The predicted octanol–water partition coefficient (Wildman–Crippen LogP) is 1.59. The lowest BCUT2D eigenvalue weighted by Gasteiger charge is -2.37. The van der Waals surface area contributed by atoms with Gasteiger partial charge >= 0.3 is 0 Å². The molecular weight excluding hydrogens is 388 g/mol. The molecule has 1 fully saturated rings. The Morgan fingerprint density at radius 3 is 2.31 bits per heavy atom. The first-order valence-corrected chi connectivity index (χ1v) is 11.5. The van der Waals surface area contributed by atoms with E-state index in [0.717, 1.165) is 17.5 Å². The summed E-state index contributed by atoms with van der Waals surface area (Å²) < 4.78 is 25.8. The van der Waals surface area contributed by atoms with E-state index < -0.39 is 16.1 Å². The number of nitrogens with zero attached hydrogens (tertiary/aromatic N) is 2. The minimum atomic E-state index is -3.36. The summed E-state index contributed by atoms with van der Waals surface area (Å²) in [6.45, 7) is 4.36. The van der Waals surface area contributed by atoms with Crippen molar-refractivity contribution >= 4 is 27.3 Å². The van der Waals surface area contributed by atoms with E-state index in [0.29, 0.717) is 38.3 Å². The van der Waals surface area contributed by atoms with Crippen LogP contribution in [0.25, 0.3) is 0 Å². The number of nitrogens with two attached hydrogens (primary N) is 1. The van der Waals surface area contributed by atoms with Crippen LogP contribution < -0.4 is 15.4 Å². The molecule has 1 amide bonds. The van der Waals surface area contributed by atoms with Crippen LogP contribution in [-0.4, -0.2) is 57.7 Å². The van der Waals surface area contributed by atoms with E-state index in [1.54, 1.807) is 17.0 Å². The van der Waals surface area contributed by atoms with Crippen molar-refractivity contribution in [3.63, 3.8) is 0 Å². The molecule has 0 bridgehead atoms. The minimum Gasteiger partial charge on any atom is -0.366 e. The first kappa shape index (κ1) is 21.1. The fourth-order valence-electron chi connectivity index (χ4n) is 3.50. The van der Waals surface area contributed by atoms with Gasteiger partial charge in [0.05, 0.1) is 23.7 Å². The number of piperazine rings is 1. The number of anilines is 2. The number of hydrogen-bond acceptors (Lipinski definition) is 5. The van der Waals surface area contributed by atoms with Crippen LogP contribution in [0.5, 0.6) is 0 Å². The monoisotopic (exact) mass is 416 g/mol. The summed E-state index contributed by atoms with van der Waals surface area (Å²) in [7, 11) is -3.36. The molecule has 156 valence electrons. The molecule has 1 aliphatic rings. The van der Waals surface area contributed by atoms with E-state index in [-0.39, 0.29) is 5.91 Å². The first-order chi connectivity index (χ1) is 13.7. The zero-order valence-electron chi connectivity index (χ0n) is 16.8. The van der Waals surface area contributed by atoms with Gasteiger partial charge in [-0.05, 0) is 31.0 Å². The third-order valence-electron chi connectivity index (χ3n) is 5.02. The standard InChI is InChI=1S/C21H28N4O3S/c1-16-7-9-17(10-8-16)15-18(22)21(26)25-13-11-24(12-14-25)20-6-4-3-5-19(20)23-29(2,27)28/h3-10,18,23H,11-15,22H2,1-2H3/t18-/m1/s1. The molecule has 29 heavy (non-hydrogen) atoms. The van der Waals surface area contributed by atoms with Gasteiger partial charge in [0.25, 0.3) is 0 Å². The van der Waals surface area contributed by atoms with Crippen LogP contribution in [0.1, 0.15) is 11.1 Å². The summed E-state index contributed by atoms with van der Waals surface area (Å²) in [4.78, 5) is 16.6. The molecule has 2 aromatic rings. The van der Waals surface area contributed by atoms with Gasteiger partial charge in [0.1, 0.15) is 0 Å². The van der Waals surface area contributed by atoms with E-state index in [9.17, 15) is 13.2 Å². The van der Waals surface area contributed by atoms with Crippen molar-refractivity contribution in [2.45, 2.75) is 19.4 Å². The van der Waals surface area contributed by atoms with Gasteiger partial charge in [-0.3, -0.25) is 9.52 Å². The second-order valence-electron chi connectivity index (χ2n) is 7.50. The Balaban J connectivity index is 1.60. The van der Waals surface area contributed by atoms with Gasteiger partial charge in [-0.15, -0.1) is 0 Å². The summed E-state index contributed by atoms with van der Waals surface area (Å²) in [5, 5.41) is 0. The van der Waals surface area contributed by atoms with Crippen LogP contribution in [-0.2, 0) is 21.2 Å². The van der Waals surface area contributed by atoms with Gasteiger partial charge in [-0.1, -0.05) is 42.0 Å². The van der Waals surface area contributed by atoms with Crippen molar-refractivity contribution in [3.05, 3.63) is 59.7 Å². The van der Waals surface area contributed by atoms with Gasteiger partial charge in [0.2, 0.25) is 15.9 Å². The quantitative estimate of drug-likeness (QED) is 0.746. The number of rotatable bonds is 6. The predicted molar refractivity (Wildman–Crippen MR) is 117 cm³/mol. The second kappa shape index (κ2) is 8.84. The Bertz CT molecular complexity index is 952. The Morgan fingerprint density at radius 1 is 1.07 bits per heavy atom. The minimum absolute atomic E-state index is 0.0484. The molecular formula is C21H28N4O3S. The molecule has 1 atom stereocenters. The Kier molecular flexibility index (Phi) is 6.44. The van der Waals surface area contributed by atoms with Crippen LogP contribution in [0.2, 0.25) is 0 Å². The fourth-order valence-corrected chi connectivity index (χ4v) is 4.08. The van der Waals surface area contributed by atoms with E-state index in [2.05, 4.69) is 9.62 Å². The molecule has 7 nitrogen and oxygen atoms in total. The van der Waals surface area contributed by atoms with Crippen molar-refractivity contribution < 1.29 is 13.2 Å². The number of amides is 1. The molecule has 0 spiro atoms. The highest BCUT2D eigenvalue weighted by atomic mass is 32.2. The van der Waals surface area contributed by atoms with Crippen molar-refractivity contribution in [2.24, 2.45) is 5.73 Å². The summed E-state index contributed by atoms with van der Waals surface area (Å²) in [6.07, 6.45) is 1.65. The summed E-state index contributed by atoms with van der Waals surface area (Å²) in [5.74, 6) is -0.0484. The number of nitrogens with one attached hydrogen (secondary N) is 1. The lowest BCUT2D eigenvalue weighted by atomic mass is 10.0. The zero-order chi connectivity index (χ0) is 21.0. The molecule has 1 aliphatic heterocycles. The number of sulfonamides is 1. The number of hydrogen-bond donors (Lipinski definition) is 2.